The number of hydrogen-bond donors (Lipinski definition) is 2. The fourth-order valence-corrected chi connectivity index (χ4v) is 1.98. The molecule has 0 atom stereocenters. The second-order valence-electron chi connectivity index (χ2n) is 4.89. The van der Waals surface area contributed by atoms with Gasteiger partial charge in [-0.05, 0) is 44.5 Å². The topological polar surface area (TPSA) is 50.9 Å². The lowest BCUT2D eigenvalue weighted by Crippen LogP contribution is -2.00. The van der Waals surface area contributed by atoms with Crippen molar-refractivity contribution in [3.8, 4) is 11.1 Å². The van der Waals surface area contributed by atoms with Crippen LogP contribution >= 0.6 is 0 Å². The summed E-state index contributed by atoms with van der Waals surface area (Å²) in [6.45, 7) is 9.81. The molecule has 0 fully saturated rings. The number of aromatic nitrogens is 1. The van der Waals surface area contributed by atoms with Gasteiger partial charge in [0.05, 0.1) is 0 Å². The average molecular weight is 253 g/mol. The number of aryl methyl sites for hydroxylation is 2. The van der Waals surface area contributed by atoms with Crippen LogP contribution in [0.1, 0.15) is 18.1 Å². The van der Waals surface area contributed by atoms with Crippen LogP contribution in [-0.2, 0) is 0 Å². The lowest BCUT2D eigenvalue weighted by molar-refractivity contribution is 1.22. The van der Waals surface area contributed by atoms with Crippen LogP contribution in [0.2, 0.25) is 0 Å². The van der Waals surface area contributed by atoms with E-state index in [1.807, 2.05) is 32.2 Å². The number of nitrogen functional groups attached to an aromatic ring is 1. The second-order valence-corrected chi connectivity index (χ2v) is 4.89. The van der Waals surface area contributed by atoms with E-state index in [2.05, 4.69) is 35.9 Å². The SMILES string of the molecule is C=C(C)Nc1ncc(-c2cc(C)ccc2N)cc1C. The predicted octanol–water partition coefficient (Wildman–Crippen LogP) is 3.89. The molecular weight excluding hydrogens is 234 g/mol. The van der Waals surface area contributed by atoms with Gasteiger partial charge in [0.2, 0.25) is 0 Å². The van der Waals surface area contributed by atoms with Gasteiger partial charge in [-0.1, -0.05) is 18.2 Å². The highest BCUT2D eigenvalue weighted by atomic mass is 15.0. The summed E-state index contributed by atoms with van der Waals surface area (Å²) < 4.78 is 0. The summed E-state index contributed by atoms with van der Waals surface area (Å²) in [6, 6.07) is 8.11. The molecule has 0 aliphatic heterocycles. The van der Waals surface area contributed by atoms with Crippen molar-refractivity contribution in [3.63, 3.8) is 0 Å². The number of allylic oxidation sites excluding steroid dienone is 1. The third-order valence-corrected chi connectivity index (χ3v) is 2.93. The Morgan fingerprint density at radius 2 is 2.00 bits per heavy atom. The van der Waals surface area contributed by atoms with Gasteiger partial charge in [-0.15, -0.1) is 0 Å². The molecule has 3 nitrogen and oxygen atoms in total. The Labute approximate surface area is 114 Å². The van der Waals surface area contributed by atoms with E-state index in [1.165, 1.54) is 5.56 Å². The number of nitrogens with one attached hydrogen (secondary N) is 1. The van der Waals surface area contributed by atoms with Gasteiger partial charge in [-0.2, -0.15) is 0 Å². The van der Waals surface area contributed by atoms with Crippen LogP contribution in [0.15, 0.2) is 42.7 Å². The molecule has 1 heterocycles. The zero-order valence-corrected chi connectivity index (χ0v) is 11.6. The van der Waals surface area contributed by atoms with Crippen molar-refractivity contribution in [2.75, 3.05) is 11.1 Å². The Morgan fingerprint density at radius 1 is 1.26 bits per heavy atom. The van der Waals surface area contributed by atoms with E-state index >= 15 is 0 Å². The minimum atomic E-state index is 0.771. The van der Waals surface area contributed by atoms with Gasteiger partial charge in [0.1, 0.15) is 5.82 Å². The highest BCUT2D eigenvalue weighted by molar-refractivity contribution is 5.77. The summed E-state index contributed by atoms with van der Waals surface area (Å²) in [5.74, 6) is 0.836. The molecule has 0 unspecified atom stereocenters. The summed E-state index contributed by atoms with van der Waals surface area (Å²) in [5, 5.41) is 3.14. The molecule has 2 aromatic rings. The standard InChI is InChI=1S/C16H19N3/c1-10(2)19-16-12(4)8-13(9-18-16)14-7-11(3)5-6-15(14)17/h5-9H,1,17H2,2-4H3,(H,18,19). The van der Waals surface area contributed by atoms with Crippen molar-refractivity contribution in [3.05, 3.63) is 53.9 Å². The lowest BCUT2D eigenvalue weighted by Gasteiger charge is -2.11. The molecule has 0 radical (unpaired) electrons. The van der Waals surface area contributed by atoms with E-state index in [0.717, 1.165) is 33.9 Å². The maximum absolute atomic E-state index is 6.03. The molecule has 1 aromatic heterocycles. The molecule has 0 amide bonds. The number of pyridine rings is 1. The van der Waals surface area contributed by atoms with Gasteiger partial charge >= 0.3 is 0 Å². The molecule has 1 aromatic carbocycles. The van der Waals surface area contributed by atoms with Crippen LogP contribution in [0, 0.1) is 13.8 Å². The molecule has 3 N–H and O–H groups in total. The van der Waals surface area contributed by atoms with Gasteiger partial charge < -0.3 is 11.1 Å². The van der Waals surface area contributed by atoms with E-state index < -0.39 is 0 Å². The number of nitrogens with zero attached hydrogens (tertiary/aromatic N) is 1. The third kappa shape index (κ3) is 2.94. The molecule has 98 valence electrons. The summed E-state index contributed by atoms with van der Waals surface area (Å²) in [6.07, 6.45) is 1.84. The van der Waals surface area contributed by atoms with Crippen molar-refractivity contribution in [2.45, 2.75) is 20.8 Å². The summed E-state index contributed by atoms with van der Waals surface area (Å²) >= 11 is 0. The highest BCUT2D eigenvalue weighted by Crippen LogP contribution is 2.28. The van der Waals surface area contributed by atoms with Gasteiger partial charge in [0.15, 0.2) is 0 Å². The Balaban J connectivity index is 2.44. The molecular formula is C16H19N3. The smallest absolute Gasteiger partial charge is 0.132 e. The minimum absolute atomic E-state index is 0.771. The largest absolute Gasteiger partial charge is 0.398 e. The fraction of sp³-hybridized carbons (Fsp3) is 0.188. The molecule has 0 saturated heterocycles. The normalized spacial score (nSPS) is 10.3. The number of hydrogen-bond acceptors (Lipinski definition) is 3. The van der Waals surface area contributed by atoms with Gasteiger partial charge in [0.25, 0.3) is 0 Å². The van der Waals surface area contributed by atoms with E-state index in [4.69, 9.17) is 5.73 Å². The van der Waals surface area contributed by atoms with E-state index in [9.17, 15) is 0 Å². The minimum Gasteiger partial charge on any atom is -0.398 e. The average Bonchev–Trinajstić information content (AvgIpc) is 2.34. The van der Waals surface area contributed by atoms with Crippen molar-refractivity contribution in [1.82, 2.24) is 4.98 Å². The fourth-order valence-electron chi connectivity index (χ4n) is 1.98. The lowest BCUT2D eigenvalue weighted by atomic mass is 10.0. The Morgan fingerprint density at radius 3 is 2.63 bits per heavy atom. The van der Waals surface area contributed by atoms with Crippen LogP contribution in [0.3, 0.4) is 0 Å². The van der Waals surface area contributed by atoms with E-state index in [0.29, 0.717) is 0 Å². The zero-order chi connectivity index (χ0) is 14.0. The molecule has 0 aliphatic carbocycles. The van der Waals surface area contributed by atoms with Crippen LogP contribution < -0.4 is 11.1 Å². The molecule has 0 aliphatic rings. The number of rotatable bonds is 3. The Hall–Kier alpha value is -2.29. The van der Waals surface area contributed by atoms with Gasteiger partial charge in [0, 0.05) is 28.7 Å². The van der Waals surface area contributed by atoms with Crippen molar-refractivity contribution in [2.24, 2.45) is 0 Å². The van der Waals surface area contributed by atoms with Crippen molar-refractivity contribution >= 4 is 11.5 Å². The highest BCUT2D eigenvalue weighted by Gasteiger charge is 2.06. The summed E-state index contributed by atoms with van der Waals surface area (Å²) in [5.41, 5.74) is 12.0. The summed E-state index contributed by atoms with van der Waals surface area (Å²) in [7, 11) is 0. The van der Waals surface area contributed by atoms with Gasteiger partial charge in [-0.3, -0.25) is 0 Å². The molecule has 2 rings (SSSR count). The van der Waals surface area contributed by atoms with E-state index in [-0.39, 0.29) is 0 Å². The first-order chi connectivity index (χ1) is 8.97. The quantitative estimate of drug-likeness (QED) is 0.816. The number of nitrogens with two attached hydrogens (primary N) is 1. The monoisotopic (exact) mass is 253 g/mol. The first-order valence-electron chi connectivity index (χ1n) is 6.23. The maximum atomic E-state index is 6.03. The first-order valence-corrected chi connectivity index (χ1v) is 6.23. The molecule has 0 spiro atoms. The maximum Gasteiger partial charge on any atom is 0.132 e. The second kappa shape index (κ2) is 5.14. The van der Waals surface area contributed by atoms with Crippen molar-refractivity contribution < 1.29 is 0 Å². The zero-order valence-electron chi connectivity index (χ0n) is 11.6. The van der Waals surface area contributed by atoms with Crippen LogP contribution in [0.5, 0.6) is 0 Å². The summed E-state index contributed by atoms with van der Waals surface area (Å²) in [4.78, 5) is 4.44. The molecule has 0 saturated carbocycles. The van der Waals surface area contributed by atoms with E-state index in [1.54, 1.807) is 0 Å². The molecule has 0 bridgehead atoms. The van der Waals surface area contributed by atoms with Crippen LogP contribution in [0.4, 0.5) is 11.5 Å². The number of anilines is 2. The predicted molar refractivity (Wildman–Crippen MR) is 82.0 cm³/mol. The molecule has 3 heteroatoms. The van der Waals surface area contributed by atoms with Crippen molar-refractivity contribution in [1.29, 1.82) is 0 Å². The Kier molecular flexibility index (Phi) is 3.56. The number of benzene rings is 1. The van der Waals surface area contributed by atoms with Crippen LogP contribution in [-0.4, -0.2) is 4.98 Å². The van der Waals surface area contributed by atoms with Gasteiger partial charge in [-0.25, -0.2) is 4.98 Å². The Bertz CT molecular complexity index is 630. The third-order valence-electron chi connectivity index (χ3n) is 2.93. The first kappa shape index (κ1) is 13.1. The van der Waals surface area contributed by atoms with Crippen LogP contribution in [0.25, 0.3) is 11.1 Å². The molecule has 19 heavy (non-hydrogen) atoms.